The zero-order valence-electron chi connectivity index (χ0n) is 12.2. The molecule has 0 saturated carbocycles. The van der Waals surface area contributed by atoms with Gasteiger partial charge in [-0.25, -0.2) is 13.9 Å². The van der Waals surface area contributed by atoms with E-state index < -0.39 is 17.3 Å². The van der Waals surface area contributed by atoms with Crippen LogP contribution in [0.4, 0.5) is 4.39 Å². The summed E-state index contributed by atoms with van der Waals surface area (Å²) in [4.78, 5) is 24.3. The summed E-state index contributed by atoms with van der Waals surface area (Å²) >= 11 is 0. The first-order chi connectivity index (χ1) is 11.0. The molecule has 0 fully saturated rings. The molecular weight excluding hydrogens is 299 g/mol. The van der Waals surface area contributed by atoms with Crippen LogP contribution in [0.2, 0.25) is 0 Å². The van der Waals surface area contributed by atoms with Crippen LogP contribution in [0.5, 0.6) is 0 Å². The molecule has 1 heterocycles. The molecular formula is C17H13FN2O3. The number of aromatic carboxylic acids is 1. The molecule has 2 aromatic carbocycles. The first kappa shape index (κ1) is 14.8. The van der Waals surface area contributed by atoms with E-state index in [2.05, 4.69) is 5.43 Å². The van der Waals surface area contributed by atoms with Gasteiger partial charge in [0.25, 0.3) is 5.56 Å². The normalized spacial score (nSPS) is 10.7. The van der Waals surface area contributed by atoms with Gasteiger partial charge in [-0.05, 0) is 23.8 Å². The lowest BCUT2D eigenvalue weighted by Crippen LogP contribution is -2.32. The van der Waals surface area contributed by atoms with Gasteiger partial charge in [-0.2, -0.15) is 0 Å². The number of rotatable bonds is 3. The second-order valence-corrected chi connectivity index (χ2v) is 4.95. The van der Waals surface area contributed by atoms with Crippen LogP contribution >= 0.6 is 0 Å². The number of hydrogen-bond acceptors (Lipinski definition) is 3. The first-order valence-corrected chi connectivity index (χ1v) is 6.89. The second-order valence-electron chi connectivity index (χ2n) is 4.95. The summed E-state index contributed by atoms with van der Waals surface area (Å²) in [5.74, 6) is -1.81. The van der Waals surface area contributed by atoms with E-state index in [1.165, 1.54) is 25.2 Å². The highest BCUT2D eigenvalue weighted by atomic mass is 19.1. The van der Waals surface area contributed by atoms with Gasteiger partial charge in [0.15, 0.2) is 5.69 Å². The molecule has 0 amide bonds. The van der Waals surface area contributed by atoms with Gasteiger partial charge >= 0.3 is 5.97 Å². The van der Waals surface area contributed by atoms with Crippen LogP contribution in [-0.2, 0) is 0 Å². The number of halogens is 1. The molecule has 0 saturated heterocycles. The van der Waals surface area contributed by atoms with Crippen LogP contribution in [0.3, 0.4) is 0 Å². The van der Waals surface area contributed by atoms with E-state index in [9.17, 15) is 19.1 Å². The van der Waals surface area contributed by atoms with Gasteiger partial charge < -0.3 is 10.5 Å². The fraction of sp³-hybridized carbons (Fsp3) is 0.0588. The molecule has 5 nitrogen and oxygen atoms in total. The Morgan fingerprint density at radius 2 is 1.83 bits per heavy atom. The van der Waals surface area contributed by atoms with E-state index in [1.807, 2.05) is 0 Å². The monoisotopic (exact) mass is 312 g/mol. The third-order valence-electron chi connectivity index (χ3n) is 3.63. The van der Waals surface area contributed by atoms with Crippen molar-refractivity contribution in [2.24, 2.45) is 0 Å². The molecule has 116 valence electrons. The zero-order valence-corrected chi connectivity index (χ0v) is 12.2. The average Bonchev–Trinajstić information content (AvgIpc) is 2.55. The molecule has 1 aromatic heterocycles. The van der Waals surface area contributed by atoms with Crippen molar-refractivity contribution in [1.29, 1.82) is 0 Å². The van der Waals surface area contributed by atoms with Gasteiger partial charge in [0.1, 0.15) is 5.82 Å². The lowest BCUT2D eigenvalue weighted by molar-refractivity contribution is 0.0686. The van der Waals surface area contributed by atoms with Crippen LogP contribution in [0.1, 0.15) is 10.5 Å². The van der Waals surface area contributed by atoms with Crippen LogP contribution in [0, 0.1) is 5.82 Å². The van der Waals surface area contributed by atoms with Crippen molar-refractivity contribution in [3.63, 3.8) is 0 Å². The fourth-order valence-electron chi connectivity index (χ4n) is 2.68. The van der Waals surface area contributed by atoms with Crippen molar-refractivity contribution < 1.29 is 14.3 Å². The predicted molar refractivity (Wildman–Crippen MR) is 85.8 cm³/mol. The van der Waals surface area contributed by atoms with Gasteiger partial charge in [0, 0.05) is 23.4 Å². The number of hydrogen-bond donors (Lipinski definition) is 2. The van der Waals surface area contributed by atoms with Crippen molar-refractivity contribution in [2.45, 2.75) is 0 Å². The van der Waals surface area contributed by atoms with Crippen LogP contribution in [-0.4, -0.2) is 22.8 Å². The summed E-state index contributed by atoms with van der Waals surface area (Å²) in [6, 6.07) is 12.5. The predicted octanol–water partition coefficient (Wildman–Crippen LogP) is 2.68. The highest BCUT2D eigenvalue weighted by molar-refractivity contribution is 6.06. The van der Waals surface area contributed by atoms with Crippen molar-refractivity contribution in [3.8, 4) is 11.1 Å². The summed E-state index contributed by atoms with van der Waals surface area (Å²) < 4.78 is 14.7. The van der Waals surface area contributed by atoms with Crippen molar-refractivity contribution in [1.82, 2.24) is 4.68 Å². The lowest BCUT2D eigenvalue weighted by Gasteiger charge is -2.16. The van der Waals surface area contributed by atoms with E-state index in [0.717, 1.165) is 4.68 Å². The maximum atomic E-state index is 13.7. The zero-order chi connectivity index (χ0) is 16.6. The Morgan fingerprint density at radius 1 is 1.13 bits per heavy atom. The highest BCUT2D eigenvalue weighted by Crippen LogP contribution is 2.30. The van der Waals surface area contributed by atoms with E-state index in [0.29, 0.717) is 11.1 Å². The van der Waals surface area contributed by atoms with Gasteiger partial charge in [0.2, 0.25) is 0 Å². The third-order valence-corrected chi connectivity index (χ3v) is 3.63. The molecule has 0 spiro atoms. The minimum absolute atomic E-state index is 0.234. The Bertz CT molecular complexity index is 965. The van der Waals surface area contributed by atoms with E-state index in [1.54, 1.807) is 30.3 Å². The SMILES string of the molecule is CNn1c(C(=O)O)c(-c2ccccc2)c2cc(F)ccc2c1=O. The molecule has 23 heavy (non-hydrogen) atoms. The summed E-state index contributed by atoms with van der Waals surface area (Å²) in [6.45, 7) is 0. The van der Waals surface area contributed by atoms with Crippen LogP contribution in [0.25, 0.3) is 21.9 Å². The Labute approximate surface area is 130 Å². The minimum atomic E-state index is -1.28. The quantitative estimate of drug-likeness (QED) is 0.780. The van der Waals surface area contributed by atoms with Crippen molar-refractivity contribution in [3.05, 3.63) is 70.4 Å². The first-order valence-electron chi connectivity index (χ1n) is 6.89. The lowest BCUT2D eigenvalue weighted by atomic mass is 9.97. The molecule has 6 heteroatoms. The Kier molecular flexibility index (Phi) is 3.57. The molecule has 2 N–H and O–H groups in total. The Balaban J connectivity index is 2.60. The summed E-state index contributed by atoms with van der Waals surface area (Å²) in [7, 11) is 1.46. The standard InChI is InChI=1S/C17H13FN2O3/c1-19-20-15(17(22)23)14(10-5-3-2-4-6-10)13-9-11(18)7-8-12(13)16(20)21/h2-9,19H,1H3,(H,22,23). The van der Waals surface area contributed by atoms with Crippen molar-refractivity contribution in [2.75, 3.05) is 12.5 Å². The van der Waals surface area contributed by atoms with Crippen molar-refractivity contribution >= 4 is 16.7 Å². The molecule has 0 unspecified atom stereocenters. The second kappa shape index (κ2) is 5.57. The topological polar surface area (TPSA) is 71.3 Å². The van der Waals surface area contributed by atoms with E-state index >= 15 is 0 Å². The maximum absolute atomic E-state index is 13.7. The third kappa shape index (κ3) is 2.34. The number of nitrogens with one attached hydrogen (secondary N) is 1. The van der Waals surface area contributed by atoms with E-state index in [4.69, 9.17) is 0 Å². The molecule has 0 aliphatic heterocycles. The molecule has 3 aromatic rings. The molecule has 0 aliphatic carbocycles. The largest absolute Gasteiger partial charge is 0.476 e. The number of carbonyl (C=O) groups is 1. The van der Waals surface area contributed by atoms with Gasteiger partial charge in [-0.3, -0.25) is 4.79 Å². The highest BCUT2D eigenvalue weighted by Gasteiger charge is 2.22. The smallest absolute Gasteiger partial charge is 0.355 e. The number of aromatic nitrogens is 1. The van der Waals surface area contributed by atoms with Crippen LogP contribution < -0.4 is 11.0 Å². The number of pyridine rings is 1. The number of carboxylic acid groups (broad SMARTS) is 1. The number of fused-ring (bicyclic) bond motifs is 1. The molecule has 0 atom stereocenters. The molecule has 0 aliphatic rings. The average molecular weight is 312 g/mol. The van der Waals surface area contributed by atoms with Gasteiger partial charge in [-0.1, -0.05) is 30.3 Å². The molecule has 0 bridgehead atoms. The molecule has 0 radical (unpaired) electrons. The summed E-state index contributed by atoms with van der Waals surface area (Å²) in [6.07, 6.45) is 0. The van der Waals surface area contributed by atoms with Gasteiger partial charge in [0.05, 0.1) is 0 Å². The van der Waals surface area contributed by atoms with Crippen LogP contribution in [0.15, 0.2) is 53.3 Å². The summed E-state index contributed by atoms with van der Waals surface area (Å²) in [5, 5.41) is 10.1. The minimum Gasteiger partial charge on any atom is -0.476 e. The number of carboxylic acids is 1. The maximum Gasteiger partial charge on any atom is 0.355 e. The number of benzene rings is 2. The van der Waals surface area contributed by atoms with E-state index in [-0.39, 0.29) is 16.5 Å². The summed E-state index contributed by atoms with van der Waals surface area (Å²) in [5.41, 5.74) is 2.70. The number of nitrogens with zero attached hydrogens (tertiary/aromatic N) is 1. The van der Waals surface area contributed by atoms with Gasteiger partial charge in [-0.15, -0.1) is 0 Å². The fourth-order valence-corrected chi connectivity index (χ4v) is 2.68. The molecule has 3 rings (SSSR count). The Morgan fingerprint density at radius 3 is 2.43 bits per heavy atom. The Hall–Kier alpha value is -3.15.